The van der Waals surface area contributed by atoms with E-state index in [0.717, 1.165) is 17.1 Å². The van der Waals surface area contributed by atoms with Gasteiger partial charge in [0.25, 0.3) is 0 Å². The minimum atomic E-state index is -0.0694. The Labute approximate surface area is 152 Å². The molecule has 0 atom stereocenters. The third-order valence-corrected chi connectivity index (χ3v) is 3.85. The van der Waals surface area contributed by atoms with Gasteiger partial charge in [-0.15, -0.1) is 0 Å². The number of amides is 1. The highest BCUT2D eigenvalue weighted by molar-refractivity contribution is 6.42. The smallest absolute Gasteiger partial charge is 0.226 e. The molecule has 0 spiro atoms. The lowest BCUT2D eigenvalue weighted by Gasteiger charge is -2.11. The van der Waals surface area contributed by atoms with E-state index in [2.05, 4.69) is 10.6 Å². The fraction of sp³-hybridized carbons (Fsp3) is 0.278. The molecular weight excluding hydrogens is 347 g/mol. The Hall–Kier alpha value is -1.91. The maximum Gasteiger partial charge on any atom is 0.226 e. The van der Waals surface area contributed by atoms with Crippen LogP contribution in [-0.4, -0.2) is 18.6 Å². The van der Waals surface area contributed by atoms with Gasteiger partial charge in [-0.25, -0.2) is 0 Å². The van der Waals surface area contributed by atoms with E-state index in [0.29, 0.717) is 23.0 Å². The van der Waals surface area contributed by atoms with Gasteiger partial charge in [0.15, 0.2) is 0 Å². The molecule has 0 bridgehead atoms. The first kappa shape index (κ1) is 18.4. The Morgan fingerprint density at radius 3 is 2.33 bits per heavy atom. The summed E-state index contributed by atoms with van der Waals surface area (Å²) in [6.07, 6.45) is 0.461. The minimum absolute atomic E-state index is 0.0694. The average molecular weight is 367 g/mol. The molecule has 0 unspecified atom stereocenters. The van der Waals surface area contributed by atoms with Gasteiger partial charge < -0.3 is 15.4 Å². The average Bonchev–Trinajstić information content (AvgIpc) is 2.52. The highest BCUT2D eigenvalue weighted by Crippen LogP contribution is 2.25. The third-order valence-electron chi connectivity index (χ3n) is 3.11. The number of halogens is 2. The first-order chi connectivity index (χ1) is 11.4. The van der Waals surface area contributed by atoms with Crippen LogP contribution in [0.2, 0.25) is 10.0 Å². The van der Waals surface area contributed by atoms with Crippen LogP contribution < -0.4 is 15.4 Å². The Bertz CT molecular complexity index is 688. The number of nitrogens with one attached hydrogen (secondary N) is 2. The molecule has 0 aliphatic heterocycles. The fourth-order valence-electron chi connectivity index (χ4n) is 2.04. The van der Waals surface area contributed by atoms with E-state index >= 15 is 0 Å². The number of hydrogen-bond acceptors (Lipinski definition) is 3. The Morgan fingerprint density at radius 1 is 1.04 bits per heavy atom. The van der Waals surface area contributed by atoms with Crippen molar-refractivity contribution in [3.63, 3.8) is 0 Å². The molecule has 4 nitrogen and oxygen atoms in total. The predicted octanol–water partition coefficient (Wildman–Crippen LogP) is 5.22. The molecule has 2 aromatic carbocycles. The van der Waals surface area contributed by atoms with E-state index in [4.69, 9.17) is 27.9 Å². The summed E-state index contributed by atoms with van der Waals surface area (Å²) in [4.78, 5) is 12.0. The summed E-state index contributed by atoms with van der Waals surface area (Å²) < 4.78 is 5.56. The van der Waals surface area contributed by atoms with Crippen LogP contribution in [0.4, 0.5) is 11.4 Å². The molecule has 0 heterocycles. The van der Waals surface area contributed by atoms with Crippen molar-refractivity contribution in [2.75, 3.05) is 17.2 Å². The second-order valence-corrected chi connectivity index (χ2v) is 6.36. The van der Waals surface area contributed by atoms with Crippen molar-refractivity contribution in [2.24, 2.45) is 0 Å². The van der Waals surface area contributed by atoms with E-state index in [-0.39, 0.29) is 12.0 Å². The SMILES string of the molecule is CC(C)Oc1ccc(NC(=O)CCNc2ccc(Cl)c(Cl)c2)cc1. The summed E-state index contributed by atoms with van der Waals surface area (Å²) in [6.45, 7) is 4.44. The molecule has 0 radical (unpaired) electrons. The van der Waals surface area contributed by atoms with Crippen LogP contribution >= 0.6 is 23.2 Å². The van der Waals surface area contributed by atoms with E-state index < -0.39 is 0 Å². The van der Waals surface area contributed by atoms with Gasteiger partial charge in [0.05, 0.1) is 16.1 Å². The monoisotopic (exact) mass is 366 g/mol. The molecule has 24 heavy (non-hydrogen) atoms. The summed E-state index contributed by atoms with van der Waals surface area (Å²) in [6, 6.07) is 12.6. The molecule has 2 N–H and O–H groups in total. The summed E-state index contributed by atoms with van der Waals surface area (Å²) in [5, 5.41) is 6.97. The number of ether oxygens (including phenoxy) is 1. The van der Waals surface area contributed by atoms with Crippen LogP contribution in [0.1, 0.15) is 20.3 Å². The minimum Gasteiger partial charge on any atom is -0.491 e. The van der Waals surface area contributed by atoms with Crippen molar-refractivity contribution in [3.8, 4) is 5.75 Å². The zero-order valence-electron chi connectivity index (χ0n) is 13.6. The van der Waals surface area contributed by atoms with Gasteiger partial charge in [-0.2, -0.15) is 0 Å². The first-order valence-corrected chi connectivity index (χ1v) is 8.45. The molecule has 0 saturated carbocycles. The lowest BCUT2D eigenvalue weighted by Crippen LogP contribution is -2.16. The van der Waals surface area contributed by atoms with Crippen LogP contribution in [0.3, 0.4) is 0 Å². The molecule has 0 aliphatic rings. The molecular formula is C18H20Cl2N2O2. The van der Waals surface area contributed by atoms with E-state index in [9.17, 15) is 4.79 Å². The highest BCUT2D eigenvalue weighted by atomic mass is 35.5. The maximum atomic E-state index is 12.0. The van der Waals surface area contributed by atoms with E-state index in [1.165, 1.54) is 0 Å². The van der Waals surface area contributed by atoms with Gasteiger partial charge in [-0.05, 0) is 56.3 Å². The van der Waals surface area contributed by atoms with Gasteiger partial charge in [-0.1, -0.05) is 23.2 Å². The second-order valence-electron chi connectivity index (χ2n) is 5.54. The maximum absolute atomic E-state index is 12.0. The highest BCUT2D eigenvalue weighted by Gasteiger charge is 2.04. The largest absolute Gasteiger partial charge is 0.491 e. The Morgan fingerprint density at radius 2 is 1.71 bits per heavy atom. The number of anilines is 2. The first-order valence-electron chi connectivity index (χ1n) is 7.69. The Kier molecular flexibility index (Phi) is 6.76. The Balaban J connectivity index is 1.77. The quantitative estimate of drug-likeness (QED) is 0.705. The van der Waals surface area contributed by atoms with Gasteiger partial charge in [-0.3, -0.25) is 4.79 Å². The van der Waals surface area contributed by atoms with Crippen LogP contribution in [0.25, 0.3) is 0 Å². The second kappa shape index (κ2) is 8.81. The third kappa shape index (κ3) is 5.95. The lowest BCUT2D eigenvalue weighted by atomic mass is 10.2. The topological polar surface area (TPSA) is 50.4 Å². The summed E-state index contributed by atoms with van der Waals surface area (Å²) in [5.74, 6) is 0.712. The van der Waals surface area contributed by atoms with E-state index in [1.807, 2.05) is 44.2 Å². The van der Waals surface area contributed by atoms with Crippen LogP contribution in [0.15, 0.2) is 42.5 Å². The standard InChI is InChI=1S/C18H20Cl2N2O2/c1-12(2)24-15-6-3-13(4-7-15)22-18(23)9-10-21-14-5-8-16(19)17(20)11-14/h3-8,11-12,21H,9-10H2,1-2H3,(H,22,23). The van der Waals surface area contributed by atoms with Gasteiger partial charge in [0.1, 0.15) is 5.75 Å². The molecule has 6 heteroatoms. The van der Waals surface area contributed by atoms with Gasteiger partial charge in [0.2, 0.25) is 5.91 Å². The van der Waals surface area contributed by atoms with Crippen molar-refractivity contribution < 1.29 is 9.53 Å². The lowest BCUT2D eigenvalue weighted by molar-refractivity contribution is -0.115. The number of carbonyl (C=O) groups excluding carboxylic acids is 1. The van der Waals surface area contributed by atoms with Crippen LogP contribution in [0.5, 0.6) is 5.75 Å². The molecule has 0 aliphatic carbocycles. The van der Waals surface area contributed by atoms with Crippen molar-refractivity contribution in [1.29, 1.82) is 0 Å². The molecule has 1 amide bonds. The van der Waals surface area contributed by atoms with Crippen LogP contribution in [0, 0.1) is 0 Å². The summed E-state index contributed by atoms with van der Waals surface area (Å²) >= 11 is 11.8. The van der Waals surface area contributed by atoms with Crippen LogP contribution in [-0.2, 0) is 4.79 Å². The molecule has 128 valence electrons. The number of rotatable bonds is 7. The number of hydrogen-bond donors (Lipinski definition) is 2. The zero-order valence-corrected chi connectivity index (χ0v) is 15.1. The van der Waals surface area contributed by atoms with Crippen molar-refractivity contribution in [2.45, 2.75) is 26.4 Å². The van der Waals surface area contributed by atoms with E-state index in [1.54, 1.807) is 12.1 Å². The van der Waals surface area contributed by atoms with Crippen molar-refractivity contribution in [1.82, 2.24) is 0 Å². The number of benzene rings is 2. The van der Waals surface area contributed by atoms with Gasteiger partial charge >= 0.3 is 0 Å². The van der Waals surface area contributed by atoms with Crippen molar-refractivity contribution in [3.05, 3.63) is 52.5 Å². The molecule has 0 saturated heterocycles. The summed E-state index contributed by atoms with van der Waals surface area (Å²) in [7, 11) is 0. The fourth-order valence-corrected chi connectivity index (χ4v) is 2.34. The van der Waals surface area contributed by atoms with Crippen molar-refractivity contribution >= 4 is 40.5 Å². The zero-order chi connectivity index (χ0) is 17.5. The van der Waals surface area contributed by atoms with Gasteiger partial charge in [0, 0.05) is 24.3 Å². The number of carbonyl (C=O) groups is 1. The summed E-state index contributed by atoms with van der Waals surface area (Å²) in [5.41, 5.74) is 1.57. The predicted molar refractivity (Wildman–Crippen MR) is 100 cm³/mol. The molecule has 0 aromatic heterocycles. The normalized spacial score (nSPS) is 10.5. The molecule has 0 fully saturated rings. The molecule has 2 rings (SSSR count). The molecule has 2 aromatic rings.